The normalized spacial score (nSPS) is 12.8. The van der Waals surface area contributed by atoms with E-state index in [1.165, 1.54) is 12.3 Å². The fraction of sp³-hybridized carbons (Fsp3) is 0.455. The molecule has 0 aliphatic carbocycles. The topological polar surface area (TPSA) is 42.2 Å². The van der Waals surface area contributed by atoms with Crippen LogP contribution in [0, 0.1) is 11.7 Å². The third-order valence-corrected chi connectivity index (χ3v) is 2.69. The molecule has 88 valence electrons. The standard InChI is InChI=1S/C11H16FN3S/c1-8(11(13)16)6-15(2)7-9-3-10(12)5-14-4-9/h3-5,8H,6-7H2,1-2H3,(H2,13,16). The van der Waals surface area contributed by atoms with E-state index in [-0.39, 0.29) is 11.7 Å². The van der Waals surface area contributed by atoms with Gasteiger partial charge in [-0.05, 0) is 18.7 Å². The first-order valence-electron chi connectivity index (χ1n) is 5.06. The molecule has 1 atom stereocenters. The number of hydrogen-bond acceptors (Lipinski definition) is 3. The molecular formula is C11H16FN3S. The largest absolute Gasteiger partial charge is 0.393 e. The van der Waals surface area contributed by atoms with Crippen LogP contribution in [0.3, 0.4) is 0 Å². The van der Waals surface area contributed by atoms with Crippen molar-refractivity contribution in [1.29, 1.82) is 0 Å². The maximum atomic E-state index is 12.9. The summed E-state index contributed by atoms with van der Waals surface area (Å²) in [5.41, 5.74) is 6.38. The fourth-order valence-corrected chi connectivity index (χ4v) is 1.55. The SMILES string of the molecule is CC(CN(C)Cc1cncc(F)c1)C(N)=S. The Morgan fingerprint density at radius 2 is 2.31 bits per heavy atom. The van der Waals surface area contributed by atoms with Crippen LogP contribution in [0.2, 0.25) is 0 Å². The zero-order valence-corrected chi connectivity index (χ0v) is 10.3. The second-order valence-electron chi connectivity index (χ2n) is 4.01. The number of aromatic nitrogens is 1. The molecule has 2 N–H and O–H groups in total. The van der Waals surface area contributed by atoms with Crippen molar-refractivity contribution in [2.45, 2.75) is 13.5 Å². The van der Waals surface area contributed by atoms with E-state index in [0.29, 0.717) is 11.5 Å². The van der Waals surface area contributed by atoms with Gasteiger partial charge in [-0.3, -0.25) is 4.98 Å². The van der Waals surface area contributed by atoms with Gasteiger partial charge >= 0.3 is 0 Å². The van der Waals surface area contributed by atoms with Gasteiger partial charge in [-0.15, -0.1) is 0 Å². The number of rotatable bonds is 5. The summed E-state index contributed by atoms with van der Waals surface area (Å²) in [6.07, 6.45) is 2.85. The van der Waals surface area contributed by atoms with E-state index in [9.17, 15) is 4.39 Å². The lowest BCUT2D eigenvalue weighted by molar-refractivity contribution is 0.307. The molecule has 0 aromatic carbocycles. The Kier molecular flexibility index (Phi) is 4.76. The maximum Gasteiger partial charge on any atom is 0.141 e. The van der Waals surface area contributed by atoms with Crippen molar-refractivity contribution in [3.8, 4) is 0 Å². The number of pyridine rings is 1. The zero-order chi connectivity index (χ0) is 12.1. The van der Waals surface area contributed by atoms with Gasteiger partial charge in [-0.25, -0.2) is 4.39 Å². The van der Waals surface area contributed by atoms with E-state index in [2.05, 4.69) is 4.98 Å². The van der Waals surface area contributed by atoms with Crippen LogP contribution >= 0.6 is 12.2 Å². The molecule has 1 aromatic rings. The van der Waals surface area contributed by atoms with Gasteiger partial charge < -0.3 is 10.6 Å². The quantitative estimate of drug-likeness (QED) is 0.795. The van der Waals surface area contributed by atoms with Crippen molar-refractivity contribution in [3.05, 3.63) is 29.8 Å². The molecule has 0 spiro atoms. The smallest absolute Gasteiger partial charge is 0.141 e. The first-order chi connectivity index (χ1) is 7.49. The summed E-state index contributed by atoms with van der Waals surface area (Å²) in [5, 5.41) is 0. The van der Waals surface area contributed by atoms with Crippen LogP contribution in [0.4, 0.5) is 4.39 Å². The molecule has 1 unspecified atom stereocenters. The van der Waals surface area contributed by atoms with E-state index in [1.807, 2.05) is 18.9 Å². The summed E-state index contributed by atoms with van der Waals surface area (Å²) in [6, 6.07) is 1.48. The Hall–Kier alpha value is -1.07. The van der Waals surface area contributed by atoms with E-state index >= 15 is 0 Å². The van der Waals surface area contributed by atoms with E-state index in [4.69, 9.17) is 18.0 Å². The van der Waals surface area contributed by atoms with Crippen molar-refractivity contribution in [3.63, 3.8) is 0 Å². The second-order valence-corrected chi connectivity index (χ2v) is 4.48. The first kappa shape index (κ1) is 13.0. The Labute approximate surface area is 100 Å². The van der Waals surface area contributed by atoms with Crippen molar-refractivity contribution >= 4 is 17.2 Å². The maximum absolute atomic E-state index is 12.9. The molecule has 0 saturated carbocycles. The number of halogens is 1. The first-order valence-corrected chi connectivity index (χ1v) is 5.47. The Morgan fingerprint density at radius 3 is 2.88 bits per heavy atom. The van der Waals surface area contributed by atoms with Crippen LogP contribution in [0.1, 0.15) is 12.5 Å². The summed E-state index contributed by atoms with van der Waals surface area (Å²) < 4.78 is 12.9. The number of thiocarbonyl (C=S) groups is 1. The lowest BCUT2D eigenvalue weighted by atomic mass is 10.1. The van der Waals surface area contributed by atoms with Gasteiger partial charge in [0.15, 0.2) is 0 Å². The summed E-state index contributed by atoms with van der Waals surface area (Å²) in [7, 11) is 1.94. The molecule has 0 bridgehead atoms. The van der Waals surface area contributed by atoms with Crippen LogP contribution in [0.25, 0.3) is 0 Å². The molecule has 5 heteroatoms. The molecule has 0 aliphatic heterocycles. The predicted octanol–water partition coefficient (Wildman–Crippen LogP) is 1.57. The Balaban J connectivity index is 2.51. The molecular weight excluding hydrogens is 225 g/mol. The van der Waals surface area contributed by atoms with Crippen LogP contribution in [-0.2, 0) is 6.54 Å². The van der Waals surface area contributed by atoms with Crippen LogP contribution < -0.4 is 5.73 Å². The van der Waals surface area contributed by atoms with Crippen molar-refractivity contribution in [2.75, 3.05) is 13.6 Å². The summed E-state index contributed by atoms with van der Waals surface area (Å²) in [6.45, 7) is 3.37. The summed E-state index contributed by atoms with van der Waals surface area (Å²) in [5.74, 6) is -0.158. The van der Waals surface area contributed by atoms with Gasteiger partial charge in [0.1, 0.15) is 5.82 Å². The van der Waals surface area contributed by atoms with Crippen LogP contribution in [0.5, 0.6) is 0 Å². The minimum Gasteiger partial charge on any atom is -0.393 e. The van der Waals surface area contributed by atoms with Gasteiger partial charge in [0.25, 0.3) is 0 Å². The van der Waals surface area contributed by atoms with Gasteiger partial charge in [0.2, 0.25) is 0 Å². The van der Waals surface area contributed by atoms with Gasteiger partial charge in [0, 0.05) is 25.2 Å². The average Bonchev–Trinajstić information content (AvgIpc) is 2.16. The highest BCUT2D eigenvalue weighted by atomic mass is 32.1. The average molecular weight is 241 g/mol. The Bertz CT molecular complexity index is 370. The molecule has 0 saturated heterocycles. The number of nitrogens with zero attached hydrogens (tertiary/aromatic N) is 2. The molecule has 0 radical (unpaired) electrons. The molecule has 1 heterocycles. The zero-order valence-electron chi connectivity index (χ0n) is 9.48. The Morgan fingerprint density at radius 1 is 1.62 bits per heavy atom. The molecule has 1 rings (SSSR count). The minimum atomic E-state index is -0.312. The number of nitrogens with two attached hydrogens (primary N) is 1. The predicted molar refractivity (Wildman–Crippen MR) is 66.5 cm³/mol. The third-order valence-electron chi connectivity index (χ3n) is 2.29. The molecule has 0 fully saturated rings. The van der Waals surface area contributed by atoms with E-state index in [1.54, 1.807) is 6.20 Å². The number of hydrogen-bond donors (Lipinski definition) is 1. The highest BCUT2D eigenvalue weighted by molar-refractivity contribution is 7.80. The van der Waals surface area contributed by atoms with Crippen LogP contribution in [0.15, 0.2) is 18.5 Å². The molecule has 16 heavy (non-hydrogen) atoms. The lowest BCUT2D eigenvalue weighted by Crippen LogP contribution is -2.31. The highest BCUT2D eigenvalue weighted by Crippen LogP contribution is 2.06. The van der Waals surface area contributed by atoms with Crippen molar-refractivity contribution < 1.29 is 4.39 Å². The van der Waals surface area contributed by atoms with Crippen molar-refractivity contribution in [2.24, 2.45) is 11.7 Å². The fourth-order valence-electron chi connectivity index (χ4n) is 1.48. The molecule has 1 aromatic heterocycles. The second kappa shape index (κ2) is 5.86. The third kappa shape index (κ3) is 4.20. The van der Waals surface area contributed by atoms with E-state index in [0.717, 1.165) is 12.1 Å². The van der Waals surface area contributed by atoms with Gasteiger partial charge in [0.05, 0.1) is 11.2 Å². The minimum absolute atomic E-state index is 0.154. The summed E-state index contributed by atoms with van der Waals surface area (Å²) >= 11 is 4.90. The van der Waals surface area contributed by atoms with E-state index < -0.39 is 0 Å². The van der Waals surface area contributed by atoms with Gasteiger partial charge in [-0.2, -0.15) is 0 Å². The molecule has 3 nitrogen and oxygen atoms in total. The highest BCUT2D eigenvalue weighted by Gasteiger charge is 2.09. The summed E-state index contributed by atoms with van der Waals surface area (Å²) in [4.78, 5) is 6.35. The van der Waals surface area contributed by atoms with Crippen LogP contribution in [-0.4, -0.2) is 28.5 Å². The van der Waals surface area contributed by atoms with Gasteiger partial charge in [-0.1, -0.05) is 19.1 Å². The monoisotopic (exact) mass is 241 g/mol. The molecule has 0 aliphatic rings. The van der Waals surface area contributed by atoms with Crippen molar-refractivity contribution in [1.82, 2.24) is 9.88 Å². The lowest BCUT2D eigenvalue weighted by Gasteiger charge is -2.20. The molecule has 0 amide bonds.